The Morgan fingerprint density at radius 3 is 2.37 bits per heavy atom. The van der Waals surface area contributed by atoms with E-state index in [0.717, 1.165) is 18.1 Å². The lowest BCUT2D eigenvalue weighted by Gasteiger charge is -2.06. The van der Waals surface area contributed by atoms with E-state index in [1.807, 2.05) is 12.1 Å². The number of nitrogens with zero attached hydrogens (tertiary/aromatic N) is 1. The largest absolute Gasteiger partial charge is 0.312 e. The van der Waals surface area contributed by atoms with Gasteiger partial charge in [-0.3, -0.25) is 4.98 Å². The van der Waals surface area contributed by atoms with Crippen molar-refractivity contribution >= 4 is 0 Å². The Balaban J connectivity index is 1.85. The third-order valence-electron chi connectivity index (χ3n) is 2.74. The van der Waals surface area contributed by atoms with Gasteiger partial charge in [0.1, 0.15) is 5.82 Å². The molecular weight excluding hydrogens is 253 g/mol. The molecule has 5 heteroatoms. The highest BCUT2D eigenvalue weighted by Crippen LogP contribution is 2.13. The summed E-state index contributed by atoms with van der Waals surface area (Å²) in [5.41, 5.74) is 1.22. The summed E-state index contributed by atoms with van der Waals surface area (Å²) in [6.45, 7) is 0.774. The van der Waals surface area contributed by atoms with E-state index < -0.39 is 17.5 Å². The molecule has 0 aliphatic heterocycles. The smallest absolute Gasteiger partial charge is 0.161 e. The second kappa shape index (κ2) is 6.33. The topological polar surface area (TPSA) is 24.9 Å². The quantitative estimate of drug-likeness (QED) is 0.665. The van der Waals surface area contributed by atoms with Crippen molar-refractivity contribution in [2.75, 3.05) is 6.54 Å². The number of halogens is 3. The average molecular weight is 266 g/mol. The molecule has 19 heavy (non-hydrogen) atoms. The third kappa shape index (κ3) is 3.79. The van der Waals surface area contributed by atoms with Crippen LogP contribution in [0, 0.1) is 17.5 Å². The number of pyridine rings is 1. The maximum atomic E-state index is 13.3. The molecule has 0 amide bonds. The summed E-state index contributed by atoms with van der Waals surface area (Å²) in [5, 5.41) is 2.99. The fourth-order valence-electron chi connectivity index (χ4n) is 1.70. The van der Waals surface area contributed by atoms with Gasteiger partial charge >= 0.3 is 0 Å². The highest BCUT2D eigenvalue weighted by molar-refractivity contribution is 5.20. The molecule has 0 aliphatic carbocycles. The average Bonchev–Trinajstić information content (AvgIpc) is 2.41. The van der Waals surface area contributed by atoms with Crippen LogP contribution in [0.5, 0.6) is 0 Å². The SMILES string of the molecule is Fc1cc(F)c(CNCCc2ccncc2)cc1F. The molecule has 2 aromatic rings. The van der Waals surface area contributed by atoms with Crippen molar-refractivity contribution in [3.05, 3.63) is 65.2 Å². The van der Waals surface area contributed by atoms with Gasteiger partial charge in [-0.25, -0.2) is 13.2 Å². The Hall–Kier alpha value is -1.88. The summed E-state index contributed by atoms with van der Waals surface area (Å²) in [6.07, 6.45) is 4.16. The first-order chi connectivity index (χ1) is 9.16. The lowest BCUT2D eigenvalue weighted by molar-refractivity contribution is 0.487. The van der Waals surface area contributed by atoms with Crippen molar-refractivity contribution in [2.45, 2.75) is 13.0 Å². The molecule has 0 saturated heterocycles. The summed E-state index contributed by atoms with van der Waals surface area (Å²) in [5.74, 6) is -2.94. The predicted molar refractivity (Wildman–Crippen MR) is 66.0 cm³/mol. The van der Waals surface area contributed by atoms with Crippen LogP contribution in [0.1, 0.15) is 11.1 Å². The van der Waals surface area contributed by atoms with E-state index in [1.54, 1.807) is 12.4 Å². The molecule has 1 aromatic carbocycles. The molecule has 100 valence electrons. The summed E-state index contributed by atoms with van der Waals surface area (Å²) < 4.78 is 39.0. The molecule has 1 N–H and O–H groups in total. The maximum Gasteiger partial charge on any atom is 0.161 e. The number of benzene rings is 1. The number of aromatic nitrogens is 1. The van der Waals surface area contributed by atoms with Crippen LogP contribution in [0.15, 0.2) is 36.7 Å². The standard InChI is InChI=1S/C14H13F3N2/c15-12-8-14(17)13(16)7-11(12)9-19-6-3-10-1-4-18-5-2-10/h1-2,4-5,7-8,19H,3,6,9H2. The van der Waals surface area contributed by atoms with Crippen LogP contribution >= 0.6 is 0 Å². The van der Waals surface area contributed by atoms with Gasteiger partial charge in [0, 0.05) is 30.6 Å². The first-order valence-corrected chi connectivity index (χ1v) is 5.90. The molecule has 0 radical (unpaired) electrons. The van der Waals surface area contributed by atoms with Crippen molar-refractivity contribution in [3.63, 3.8) is 0 Å². The van der Waals surface area contributed by atoms with Crippen molar-refractivity contribution in [3.8, 4) is 0 Å². The van der Waals surface area contributed by atoms with Crippen LogP contribution in [0.25, 0.3) is 0 Å². The van der Waals surface area contributed by atoms with Gasteiger partial charge in [-0.15, -0.1) is 0 Å². The lowest BCUT2D eigenvalue weighted by atomic mass is 10.2. The van der Waals surface area contributed by atoms with Gasteiger partial charge in [-0.05, 0) is 36.7 Å². The Bertz CT molecular complexity index is 544. The molecule has 0 spiro atoms. The van der Waals surface area contributed by atoms with Gasteiger partial charge in [-0.1, -0.05) is 0 Å². The van der Waals surface area contributed by atoms with Gasteiger partial charge in [0.25, 0.3) is 0 Å². The molecule has 0 bridgehead atoms. The number of nitrogens with one attached hydrogen (secondary N) is 1. The van der Waals surface area contributed by atoms with Crippen LogP contribution in [-0.2, 0) is 13.0 Å². The van der Waals surface area contributed by atoms with Gasteiger partial charge in [0.15, 0.2) is 11.6 Å². The van der Waals surface area contributed by atoms with Crippen molar-refractivity contribution in [2.24, 2.45) is 0 Å². The molecule has 0 aliphatic rings. The Morgan fingerprint density at radius 2 is 1.63 bits per heavy atom. The number of hydrogen-bond donors (Lipinski definition) is 1. The van der Waals surface area contributed by atoms with Gasteiger partial charge in [0.05, 0.1) is 0 Å². The zero-order valence-electron chi connectivity index (χ0n) is 10.2. The Labute approximate surface area is 109 Å². The second-order valence-electron chi connectivity index (χ2n) is 4.14. The molecule has 1 heterocycles. The number of hydrogen-bond acceptors (Lipinski definition) is 2. The summed E-state index contributed by atoms with van der Waals surface area (Å²) in [6, 6.07) is 5.22. The maximum absolute atomic E-state index is 13.3. The van der Waals surface area contributed by atoms with Crippen LogP contribution in [0.4, 0.5) is 13.2 Å². The van der Waals surface area contributed by atoms with Gasteiger partial charge in [0.2, 0.25) is 0 Å². The zero-order chi connectivity index (χ0) is 13.7. The Morgan fingerprint density at radius 1 is 0.947 bits per heavy atom. The van der Waals surface area contributed by atoms with Crippen molar-refractivity contribution in [1.82, 2.24) is 10.3 Å². The molecule has 2 rings (SSSR count). The van der Waals surface area contributed by atoms with E-state index in [9.17, 15) is 13.2 Å². The zero-order valence-corrected chi connectivity index (χ0v) is 10.2. The van der Waals surface area contributed by atoms with Crippen molar-refractivity contribution < 1.29 is 13.2 Å². The minimum Gasteiger partial charge on any atom is -0.312 e. The molecular formula is C14H13F3N2. The van der Waals surface area contributed by atoms with E-state index in [1.165, 1.54) is 0 Å². The van der Waals surface area contributed by atoms with E-state index in [4.69, 9.17) is 0 Å². The normalized spacial score (nSPS) is 10.7. The highest BCUT2D eigenvalue weighted by Gasteiger charge is 2.09. The van der Waals surface area contributed by atoms with Crippen LogP contribution < -0.4 is 5.32 Å². The van der Waals surface area contributed by atoms with E-state index in [-0.39, 0.29) is 12.1 Å². The Kier molecular flexibility index (Phi) is 4.52. The monoisotopic (exact) mass is 266 g/mol. The molecule has 0 unspecified atom stereocenters. The van der Waals surface area contributed by atoms with E-state index in [2.05, 4.69) is 10.3 Å². The van der Waals surface area contributed by atoms with Gasteiger partial charge < -0.3 is 5.32 Å². The molecule has 0 saturated carbocycles. The van der Waals surface area contributed by atoms with E-state index in [0.29, 0.717) is 12.6 Å². The van der Waals surface area contributed by atoms with Crippen LogP contribution in [0.3, 0.4) is 0 Å². The highest BCUT2D eigenvalue weighted by atomic mass is 19.2. The van der Waals surface area contributed by atoms with Crippen LogP contribution in [-0.4, -0.2) is 11.5 Å². The lowest BCUT2D eigenvalue weighted by Crippen LogP contribution is -2.17. The van der Waals surface area contributed by atoms with Crippen molar-refractivity contribution in [1.29, 1.82) is 0 Å². The molecule has 0 atom stereocenters. The fraction of sp³-hybridized carbons (Fsp3) is 0.214. The summed E-state index contributed by atoms with van der Waals surface area (Å²) in [4.78, 5) is 3.90. The molecule has 0 fully saturated rings. The third-order valence-corrected chi connectivity index (χ3v) is 2.74. The second-order valence-corrected chi connectivity index (χ2v) is 4.14. The van der Waals surface area contributed by atoms with Gasteiger partial charge in [-0.2, -0.15) is 0 Å². The van der Waals surface area contributed by atoms with E-state index >= 15 is 0 Å². The first kappa shape index (κ1) is 13.5. The minimum absolute atomic E-state index is 0.119. The molecule has 2 nitrogen and oxygen atoms in total. The summed E-state index contributed by atoms with van der Waals surface area (Å²) >= 11 is 0. The molecule has 1 aromatic heterocycles. The fourth-order valence-corrected chi connectivity index (χ4v) is 1.70. The predicted octanol–water partition coefficient (Wildman–Crippen LogP) is 2.83. The van der Waals surface area contributed by atoms with Crippen LogP contribution in [0.2, 0.25) is 0 Å². The number of rotatable bonds is 5. The summed E-state index contributed by atoms with van der Waals surface area (Å²) in [7, 11) is 0. The minimum atomic E-state index is -1.17. The first-order valence-electron chi connectivity index (χ1n) is 5.90.